The van der Waals surface area contributed by atoms with Crippen LogP contribution in [0.3, 0.4) is 0 Å². The first kappa shape index (κ1) is 16.2. The fourth-order valence-electron chi connectivity index (χ4n) is 2.99. The Morgan fingerprint density at radius 3 is 2.83 bits per heavy atom. The standard InChI is InChI=1S/C17H19FN4O2/c1-20(9-12-8-19-21(2)10-12)17(24)13-7-16(23)22(11-13)15-6-4-3-5-14(15)18/h3-6,8,10,13H,7,9,11H2,1-2H3/t13-/m0/s1. The zero-order valence-electron chi connectivity index (χ0n) is 13.6. The third-order valence-corrected chi connectivity index (χ3v) is 4.17. The van der Waals surface area contributed by atoms with Crippen LogP contribution in [0.15, 0.2) is 36.7 Å². The summed E-state index contributed by atoms with van der Waals surface area (Å²) in [5.74, 6) is -1.26. The molecule has 0 spiro atoms. The maximum Gasteiger partial charge on any atom is 0.228 e. The average Bonchev–Trinajstić information content (AvgIpc) is 3.13. The lowest BCUT2D eigenvalue weighted by Crippen LogP contribution is -2.34. The van der Waals surface area contributed by atoms with E-state index < -0.39 is 11.7 Å². The van der Waals surface area contributed by atoms with Crippen molar-refractivity contribution >= 4 is 17.5 Å². The van der Waals surface area contributed by atoms with Crippen molar-refractivity contribution < 1.29 is 14.0 Å². The molecular weight excluding hydrogens is 311 g/mol. The highest BCUT2D eigenvalue weighted by atomic mass is 19.1. The minimum atomic E-state index is -0.459. The Bertz CT molecular complexity index is 773. The third-order valence-electron chi connectivity index (χ3n) is 4.17. The zero-order chi connectivity index (χ0) is 17.3. The number of carbonyl (C=O) groups is 2. The van der Waals surface area contributed by atoms with Crippen molar-refractivity contribution in [1.82, 2.24) is 14.7 Å². The van der Waals surface area contributed by atoms with Gasteiger partial charge in [0.15, 0.2) is 0 Å². The molecule has 0 N–H and O–H groups in total. The van der Waals surface area contributed by atoms with Gasteiger partial charge in [0.2, 0.25) is 11.8 Å². The Morgan fingerprint density at radius 1 is 1.42 bits per heavy atom. The number of anilines is 1. The number of hydrogen-bond acceptors (Lipinski definition) is 3. The maximum absolute atomic E-state index is 13.9. The van der Waals surface area contributed by atoms with E-state index in [4.69, 9.17) is 0 Å². The number of amides is 2. The molecule has 1 aliphatic rings. The van der Waals surface area contributed by atoms with Gasteiger partial charge in [0.05, 0.1) is 17.8 Å². The number of nitrogens with zero attached hydrogens (tertiary/aromatic N) is 4. The Morgan fingerprint density at radius 2 is 2.17 bits per heavy atom. The molecule has 1 aromatic carbocycles. The second-order valence-electron chi connectivity index (χ2n) is 6.07. The van der Waals surface area contributed by atoms with E-state index in [-0.39, 0.29) is 30.5 Å². The first-order chi connectivity index (χ1) is 11.5. The summed E-state index contributed by atoms with van der Waals surface area (Å²) in [7, 11) is 3.51. The van der Waals surface area contributed by atoms with Crippen LogP contribution in [0.25, 0.3) is 0 Å². The molecule has 7 heteroatoms. The van der Waals surface area contributed by atoms with E-state index in [9.17, 15) is 14.0 Å². The van der Waals surface area contributed by atoms with Gasteiger partial charge < -0.3 is 9.80 Å². The first-order valence-electron chi connectivity index (χ1n) is 7.73. The third kappa shape index (κ3) is 3.15. The highest BCUT2D eigenvalue weighted by Gasteiger charge is 2.37. The van der Waals surface area contributed by atoms with E-state index in [0.717, 1.165) is 5.56 Å². The Balaban J connectivity index is 1.68. The van der Waals surface area contributed by atoms with Gasteiger partial charge in [-0.25, -0.2) is 4.39 Å². The molecule has 0 saturated carbocycles. The van der Waals surface area contributed by atoms with Gasteiger partial charge in [-0.2, -0.15) is 5.10 Å². The number of carbonyl (C=O) groups excluding carboxylic acids is 2. The van der Waals surface area contributed by atoms with Crippen molar-refractivity contribution in [2.24, 2.45) is 13.0 Å². The summed E-state index contributed by atoms with van der Waals surface area (Å²) in [4.78, 5) is 27.7. The van der Waals surface area contributed by atoms with Crippen LogP contribution in [0.4, 0.5) is 10.1 Å². The number of rotatable bonds is 4. The second kappa shape index (κ2) is 6.43. The van der Waals surface area contributed by atoms with E-state index in [2.05, 4.69) is 5.10 Å². The molecule has 6 nitrogen and oxygen atoms in total. The number of aromatic nitrogens is 2. The van der Waals surface area contributed by atoms with Crippen LogP contribution in [0.2, 0.25) is 0 Å². The lowest BCUT2D eigenvalue weighted by molar-refractivity contribution is -0.135. The molecule has 0 radical (unpaired) electrons. The molecular formula is C17H19FN4O2. The van der Waals surface area contributed by atoms with E-state index in [1.807, 2.05) is 13.2 Å². The molecule has 1 fully saturated rings. The van der Waals surface area contributed by atoms with Crippen LogP contribution >= 0.6 is 0 Å². The van der Waals surface area contributed by atoms with E-state index in [0.29, 0.717) is 6.54 Å². The van der Waals surface area contributed by atoms with Crippen molar-refractivity contribution in [3.8, 4) is 0 Å². The molecule has 126 valence electrons. The maximum atomic E-state index is 13.9. The van der Waals surface area contributed by atoms with Gasteiger partial charge in [0.1, 0.15) is 5.82 Å². The lowest BCUT2D eigenvalue weighted by atomic mass is 10.1. The summed E-state index contributed by atoms with van der Waals surface area (Å²) in [6.45, 7) is 0.632. The average molecular weight is 330 g/mol. The summed E-state index contributed by atoms with van der Waals surface area (Å²) < 4.78 is 15.6. The first-order valence-corrected chi connectivity index (χ1v) is 7.73. The molecule has 0 aliphatic carbocycles. The predicted octanol–water partition coefficient (Wildman–Crippen LogP) is 1.57. The molecule has 1 aliphatic heterocycles. The van der Waals surface area contributed by atoms with Crippen molar-refractivity contribution in [3.63, 3.8) is 0 Å². The number of halogens is 1. The topological polar surface area (TPSA) is 58.4 Å². The quantitative estimate of drug-likeness (QED) is 0.855. The number of benzene rings is 1. The Kier molecular flexibility index (Phi) is 4.33. The van der Waals surface area contributed by atoms with Crippen molar-refractivity contribution in [3.05, 3.63) is 48.0 Å². The highest BCUT2D eigenvalue weighted by Crippen LogP contribution is 2.28. The van der Waals surface area contributed by atoms with Crippen LogP contribution in [0.1, 0.15) is 12.0 Å². The Labute approximate surface area is 139 Å². The van der Waals surface area contributed by atoms with Crippen LogP contribution < -0.4 is 4.90 Å². The van der Waals surface area contributed by atoms with E-state index in [1.54, 1.807) is 41.0 Å². The van der Waals surface area contributed by atoms with Gasteiger partial charge in [-0.1, -0.05) is 12.1 Å². The molecule has 1 aromatic heterocycles. The van der Waals surface area contributed by atoms with E-state index >= 15 is 0 Å². The van der Waals surface area contributed by atoms with Gasteiger partial charge in [-0.3, -0.25) is 14.3 Å². The summed E-state index contributed by atoms with van der Waals surface area (Å²) >= 11 is 0. The summed E-state index contributed by atoms with van der Waals surface area (Å²) in [5.41, 5.74) is 1.15. The van der Waals surface area contributed by atoms with Crippen molar-refractivity contribution in [1.29, 1.82) is 0 Å². The number of hydrogen-bond donors (Lipinski definition) is 0. The van der Waals surface area contributed by atoms with Crippen LogP contribution in [-0.2, 0) is 23.2 Å². The van der Waals surface area contributed by atoms with Gasteiger partial charge in [-0.15, -0.1) is 0 Å². The van der Waals surface area contributed by atoms with E-state index in [1.165, 1.54) is 11.0 Å². The number of aryl methyl sites for hydroxylation is 1. The Hall–Kier alpha value is -2.70. The molecule has 3 rings (SSSR count). The smallest absolute Gasteiger partial charge is 0.228 e. The SMILES string of the molecule is CN(Cc1cnn(C)c1)C(=O)[C@H]1CC(=O)N(c2ccccc2F)C1. The molecule has 2 aromatic rings. The molecule has 1 saturated heterocycles. The summed E-state index contributed by atoms with van der Waals surface area (Å²) in [6, 6.07) is 6.12. The highest BCUT2D eigenvalue weighted by molar-refractivity contribution is 6.00. The lowest BCUT2D eigenvalue weighted by Gasteiger charge is -2.21. The number of para-hydroxylation sites is 1. The minimum absolute atomic E-state index is 0.102. The predicted molar refractivity (Wildman–Crippen MR) is 86.5 cm³/mol. The molecule has 2 amide bonds. The van der Waals surface area contributed by atoms with Crippen molar-refractivity contribution in [2.75, 3.05) is 18.5 Å². The normalized spacial score (nSPS) is 17.4. The monoisotopic (exact) mass is 330 g/mol. The molecule has 0 unspecified atom stereocenters. The van der Waals surface area contributed by atoms with Crippen LogP contribution in [0, 0.1) is 11.7 Å². The van der Waals surface area contributed by atoms with Gasteiger partial charge in [0.25, 0.3) is 0 Å². The molecule has 0 bridgehead atoms. The fourth-order valence-corrected chi connectivity index (χ4v) is 2.99. The largest absolute Gasteiger partial charge is 0.341 e. The van der Waals surface area contributed by atoms with Crippen LogP contribution in [-0.4, -0.2) is 40.1 Å². The second-order valence-corrected chi connectivity index (χ2v) is 6.07. The molecule has 24 heavy (non-hydrogen) atoms. The summed E-state index contributed by atoms with van der Waals surface area (Å²) in [6.07, 6.45) is 3.65. The minimum Gasteiger partial charge on any atom is -0.341 e. The molecule has 2 heterocycles. The van der Waals surface area contributed by atoms with Gasteiger partial charge >= 0.3 is 0 Å². The van der Waals surface area contributed by atoms with Crippen LogP contribution in [0.5, 0.6) is 0 Å². The molecule has 1 atom stereocenters. The van der Waals surface area contributed by atoms with Crippen molar-refractivity contribution in [2.45, 2.75) is 13.0 Å². The fraction of sp³-hybridized carbons (Fsp3) is 0.353. The van der Waals surface area contributed by atoms with Gasteiger partial charge in [-0.05, 0) is 12.1 Å². The van der Waals surface area contributed by atoms with Gasteiger partial charge in [0, 0.05) is 45.4 Å². The summed E-state index contributed by atoms with van der Waals surface area (Å²) in [5, 5.41) is 4.07. The zero-order valence-corrected chi connectivity index (χ0v) is 13.6.